The molecule has 4 heteroatoms. The molecule has 3 aromatic rings. The van der Waals surface area contributed by atoms with Gasteiger partial charge in [0.05, 0.1) is 12.1 Å². The van der Waals surface area contributed by atoms with E-state index in [1.165, 1.54) is 5.56 Å². The fraction of sp³-hybridized carbons (Fsp3) is 0.176. The molecule has 2 aromatic carbocycles. The molecule has 4 nitrogen and oxygen atoms in total. The van der Waals surface area contributed by atoms with Crippen LogP contribution in [0, 0.1) is 0 Å². The number of nitrogens with zero attached hydrogens (tertiary/aromatic N) is 2. The summed E-state index contributed by atoms with van der Waals surface area (Å²) >= 11 is 0. The Morgan fingerprint density at radius 2 is 2.00 bits per heavy atom. The van der Waals surface area contributed by atoms with Gasteiger partial charge in [0.2, 0.25) is 0 Å². The quantitative estimate of drug-likeness (QED) is 0.781. The average Bonchev–Trinajstić information content (AvgIpc) is 3.01. The normalized spacial score (nSPS) is 13.0. The minimum absolute atomic E-state index is 0.743. The molecule has 0 aliphatic carbocycles. The molecule has 0 fully saturated rings. The Balaban J connectivity index is 1.90. The maximum Gasteiger partial charge on any atom is 0.162 e. The van der Waals surface area contributed by atoms with Gasteiger partial charge in [-0.05, 0) is 35.9 Å². The van der Waals surface area contributed by atoms with E-state index in [1.807, 2.05) is 43.4 Å². The van der Waals surface area contributed by atoms with Crippen LogP contribution in [0.15, 0.2) is 42.5 Å². The maximum absolute atomic E-state index is 5.55. The van der Waals surface area contributed by atoms with Gasteiger partial charge in [-0.2, -0.15) is 0 Å². The molecular formula is C17H15N3O. The highest BCUT2D eigenvalue weighted by molar-refractivity contribution is 5.90. The van der Waals surface area contributed by atoms with Crippen molar-refractivity contribution in [2.45, 2.75) is 6.42 Å². The van der Waals surface area contributed by atoms with Crippen LogP contribution in [-0.2, 0) is 6.42 Å². The van der Waals surface area contributed by atoms with Gasteiger partial charge in [-0.1, -0.05) is 12.1 Å². The molecule has 0 radical (unpaired) electrons. The second kappa shape index (κ2) is 4.74. The standard InChI is InChI=1S/C17H15N3O/c1-18-17-13-4-2-3-5-14(13)19-16(20-17)12-6-7-15-11(10-12)8-9-21-15/h2-7,10H,8-9H2,1H3,(H,18,19,20). The van der Waals surface area contributed by atoms with Crippen LogP contribution in [0.1, 0.15) is 5.56 Å². The van der Waals surface area contributed by atoms with Gasteiger partial charge in [-0.15, -0.1) is 0 Å². The number of fused-ring (bicyclic) bond motifs is 2. The van der Waals surface area contributed by atoms with Gasteiger partial charge in [0.15, 0.2) is 5.82 Å². The third kappa shape index (κ3) is 2.00. The number of hydrogen-bond acceptors (Lipinski definition) is 4. The van der Waals surface area contributed by atoms with Crippen molar-refractivity contribution in [1.29, 1.82) is 0 Å². The molecule has 0 bridgehead atoms. The second-order valence-corrected chi connectivity index (χ2v) is 5.08. The van der Waals surface area contributed by atoms with Crippen molar-refractivity contribution in [2.75, 3.05) is 19.0 Å². The van der Waals surface area contributed by atoms with Crippen LogP contribution in [0.25, 0.3) is 22.3 Å². The lowest BCUT2D eigenvalue weighted by Gasteiger charge is -2.09. The van der Waals surface area contributed by atoms with Crippen LogP contribution in [0.5, 0.6) is 5.75 Å². The number of ether oxygens (including phenoxy) is 1. The smallest absolute Gasteiger partial charge is 0.162 e. The summed E-state index contributed by atoms with van der Waals surface area (Å²) in [7, 11) is 1.88. The van der Waals surface area contributed by atoms with Crippen molar-refractivity contribution in [1.82, 2.24) is 9.97 Å². The summed E-state index contributed by atoms with van der Waals surface area (Å²) < 4.78 is 5.55. The van der Waals surface area contributed by atoms with Gasteiger partial charge < -0.3 is 10.1 Å². The number of benzene rings is 2. The highest BCUT2D eigenvalue weighted by Gasteiger charge is 2.14. The summed E-state index contributed by atoms with van der Waals surface area (Å²) in [6.07, 6.45) is 0.954. The van der Waals surface area contributed by atoms with Crippen LogP contribution in [0.2, 0.25) is 0 Å². The van der Waals surface area contributed by atoms with E-state index in [2.05, 4.69) is 21.4 Å². The number of rotatable bonds is 2. The lowest BCUT2D eigenvalue weighted by atomic mass is 10.1. The Labute approximate surface area is 122 Å². The fourth-order valence-electron chi connectivity index (χ4n) is 2.72. The molecule has 1 aromatic heterocycles. The fourth-order valence-corrected chi connectivity index (χ4v) is 2.72. The Kier molecular flexibility index (Phi) is 2.74. The molecule has 1 aliphatic rings. The van der Waals surface area contributed by atoms with Gasteiger partial charge in [-0.3, -0.25) is 0 Å². The molecule has 0 amide bonds. The van der Waals surface area contributed by atoms with Crippen LogP contribution in [-0.4, -0.2) is 23.6 Å². The first kappa shape index (κ1) is 12.1. The van der Waals surface area contributed by atoms with Crippen molar-refractivity contribution in [2.24, 2.45) is 0 Å². The topological polar surface area (TPSA) is 47.0 Å². The number of nitrogens with one attached hydrogen (secondary N) is 1. The first-order chi connectivity index (χ1) is 10.3. The zero-order valence-electron chi connectivity index (χ0n) is 11.8. The number of anilines is 1. The summed E-state index contributed by atoms with van der Waals surface area (Å²) in [6, 6.07) is 14.2. The Morgan fingerprint density at radius 3 is 2.90 bits per heavy atom. The van der Waals surface area contributed by atoms with Crippen LogP contribution in [0.3, 0.4) is 0 Å². The Hall–Kier alpha value is -2.62. The van der Waals surface area contributed by atoms with E-state index in [4.69, 9.17) is 4.74 Å². The monoisotopic (exact) mass is 277 g/mol. The molecule has 1 aliphatic heterocycles. The van der Waals surface area contributed by atoms with Gasteiger partial charge >= 0.3 is 0 Å². The minimum Gasteiger partial charge on any atom is -0.493 e. The van der Waals surface area contributed by atoms with Gasteiger partial charge in [-0.25, -0.2) is 9.97 Å². The van der Waals surface area contributed by atoms with E-state index in [9.17, 15) is 0 Å². The Morgan fingerprint density at radius 1 is 1.10 bits per heavy atom. The first-order valence-electron chi connectivity index (χ1n) is 7.06. The molecule has 0 saturated heterocycles. The summed E-state index contributed by atoms with van der Waals surface area (Å²) in [5.74, 6) is 2.58. The van der Waals surface area contributed by atoms with Crippen LogP contribution in [0.4, 0.5) is 5.82 Å². The Bertz CT molecular complexity index is 829. The predicted molar refractivity (Wildman–Crippen MR) is 83.7 cm³/mol. The number of hydrogen-bond donors (Lipinski definition) is 1. The highest BCUT2D eigenvalue weighted by atomic mass is 16.5. The van der Waals surface area contributed by atoms with E-state index in [0.29, 0.717) is 0 Å². The third-order valence-corrected chi connectivity index (χ3v) is 3.79. The minimum atomic E-state index is 0.743. The van der Waals surface area contributed by atoms with E-state index in [1.54, 1.807) is 0 Å². The molecule has 0 spiro atoms. The highest BCUT2D eigenvalue weighted by Crippen LogP contribution is 2.30. The van der Waals surface area contributed by atoms with Crippen molar-refractivity contribution in [3.05, 3.63) is 48.0 Å². The second-order valence-electron chi connectivity index (χ2n) is 5.08. The zero-order chi connectivity index (χ0) is 14.2. The number of aromatic nitrogens is 2. The molecule has 2 heterocycles. The number of para-hydroxylation sites is 1. The van der Waals surface area contributed by atoms with Crippen LogP contribution >= 0.6 is 0 Å². The molecule has 4 rings (SSSR count). The average molecular weight is 277 g/mol. The largest absolute Gasteiger partial charge is 0.493 e. The molecule has 0 unspecified atom stereocenters. The molecular weight excluding hydrogens is 262 g/mol. The molecule has 1 N–H and O–H groups in total. The summed E-state index contributed by atoms with van der Waals surface area (Å²) in [6.45, 7) is 0.763. The van der Waals surface area contributed by atoms with Crippen molar-refractivity contribution in [3.63, 3.8) is 0 Å². The molecule has 0 saturated carbocycles. The lowest BCUT2D eigenvalue weighted by molar-refractivity contribution is 0.357. The molecule has 21 heavy (non-hydrogen) atoms. The first-order valence-corrected chi connectivity index (χ1v) is 7.06. The molecule has 104 valence electrons. The van der Waals surface area contributed by atoms with E-state index >= 15 is 0 Å². The van der Waals surface area contributed by atoms with Gasteiger partial charge in [0, 0.05) is 24.4 Å². The lowest BCUT2D eigenvalue weighted by Crippen LogP contribution is -1.98. The van der Waals surface area contributed by atoms with Crippen molar-refractivity contribution >= 4 is 16.7 Å². The van der Waals surface area contributed by atoms with E-state index < -0.39 is 0 Å². The maximum atomic E-state index is 5.55. The summed E-state index contributed by atoms with van der Waals surface area (Å²) in [4.78, 5) is 9.34. The van der Waals surface area contributed by atoms with E-state index in [-0.39, 0.29) is 0 Å². The summed E-state index contributed by atoms with van der Waals surface area (Å²) in [5.41, 5.74) is 3.21. The van der Waals surface area contributed by atoms with Crippen LogP contribution < -0.4 is 10.1 Å². The predicted octanol–water partition coefficient (Wildman–Crippen LogP) is 3.27. The zero-order valence-corrected chi connectivity index (χ0v) is 11.8. The van der Waals surface area contributed by atoms with Crippen molar-refractivity contribution < 1.29 is 4.74 Å². The molecule has 0 atom stereocenters. The SMILES string of the molecule is CNc1nc(-c2ccc3c(c2)CCO3)nc2ccccc12. The van der Waals surface area contributed by atoms with Crippen molar-refractivity contribution in [3.8, 4) is 17.1 Å². The third-order valence-electron chi connectivity index (χ3n) is 3.79. The van der Waals surface area contributed by atoms with Gasteiger partial charge in [0.1, 0.15) is 11.6 Å². The van der Waals surface area contributed by atoms with E-state index in [0.717, 1.165) is 46.9 Å². The summed E-state index contributed by atoms with van der Waals surface area (Å²) in [5, 5.41) is 4.19. The van der Waals surface area contributed by atoms with Gasteiger partial charge in [0.25, 0.3) is 0 Å².